The van der Waals surface area contributed by atoms with E-state index in [-0.39, 0.29) is 59.8 Å². The van der Waals surface area contributed by atoms with Gasteiger partial charge in [0.2, 0.25) is 5.88 Å². The number of hydrogen-bond donors (Lipinski definition) is 2. The Morgan fingerprint density at radius 3 is 2.20 bits per heavy atom. The lowest BCUT2D eigenvalue weighted by molar-refractivity contribution is -0.190. The minimum Gasteiger partial charge on any atom is -0.494 e. The van der Waals surface area contributed by atoms with Crippen molar-refractivity contribution in [3.05, 3.63) is 66.5 Å². The highest BCUT2D eigenvalue weighted by atomic mass is 16.5. The van der Waals surface area contributed by atoms with Crippen LogP contribution in [-0.4, -0.2) is 97.6 Å². The standard InChI is InChI=1S/C35H46N8O6/c1-19-21(3)49-35(20(2)30(19)44)43-18-22(37-38-43)17-36-26-16-25-27-23(31(45)41(33(25)47)14-8-12-39(4)5)10-11-24-28(27)29(26)34(48)42(32(24)46)15-9-13-40(6)7/h10-11,16,18-21,30,35,44,46H,8-9,12-15,17H2,1-7H3/t19-,20?,21?,30?,35-/m1/s1. The zero-order chi connectivity index (χ0) is 35.3. The Kier molecular flexibility index (Phi) is 9.59. The van der Waals surface area contributed by atoms with Gasteiger partial charge >= 0.3 is 0 Å². The van der Waals surface area contributed by atoms with Crippen LogP contribution in [0.4, 0.5) is 0 Å². The lowest BCUT2D eigenvalue weighted by Crippen LogP contribution is -2.45. The molecule has 0 radical (unpaired) electrons. The Labute approximate surface area is 283 Å². The van der Waals surface area contributed by atoms with Crippen LogP contribution in [0.15, 0.2) is 43.8 Å². The highest BCUT2D eigenvalue weighted by Gasteiger charge is 2.40. The van der Waals surface area contributed by atoms with E-state index < -0.39 is 29.0 Å². The van der Waals surface area contributed by atoms with E-state index in [0.29, 0.717) is 53.3 Å². The minimum atomic E-state index is -0.570. The summed E-state index contributed by atoms with van der Waals surface area (Å²) in [6.07, 6.45) is 1.66. The van der Waals surface area contributed by atoms with Gasteiger partial charge in [-0.1, -0.05) is 19.1 Å². The molecule has 3 aromatic rings. The van der Waals surface area contributed by atoms with Gasteiger partial charge in [0.25, 0.3) is 16.7 Å². The number of ether oxygens (including phenoxy) is 1. The summed E-state index contributed by atoms with van der Waals surface area (Å²) in [5, 5.41) is 32.3. The first-order valence-corrected chi connectivity index (χ1v) is 16.9. The van der Waals surface area contributed by atoms with Crippen LogP contribution in [0.3, 0.4) is 0 Å². The molecule has 1 fully saturated rings. The summed E-state index contributed by atoms with van der Waals surface area (Å²) in [5.74, 6) is -0.466. The highest BCUT2D eigenvalue weighted by molar-refractivity contribution is 6.15. The second-order valence-corrected chi connectivity index (χ2v) is 14.0. The molecule has 2 aliphatic heterocycles. The molecule has 0 saturated carbocycles. The van der Waals surface area contributed by atoms with Crippen LogP contribution in [0, 0.1) is 11.8 Å². The molecule has 14 nitrogen and oxygen atoms in total. The second kappa shape index (κ2) is 13.6. The van der Waals surface area contributed by atoms with Crippen LogP contribution in [0.2, 0.25) is 0 Å². The van der Waals surface area contributed by atoms with Crippen molar-refractivity contribution >= 4 is 21.5 Å². The monoisotopic (exact) mass is 674 g/mol. The predicted octanol–water partition coefficient (Wildman–Crippen LogP) is 1.51. The Balaban J connectivity index is 1.52. The maximum absolute atomic E-state index is 14.2. The number of rotatable bonds is 11. The number of aliphatic hydroxyl groups excluding tert-OH is 1. The summed E-state index contributed by atoms with van der Waals surface area (Å²) >= 11 is 0. The van der Waals surface area contributed by atoms with E-state index in [2.05, 4.69) is 10.3 Å². The number of aromatic nitrogens is 5. The minimum absolute atomic E-state index is 0.0286. The van der Waals surface area contributed by atoms with Crippen molar-refractivity contribution in [1.29, 1.82) is 0 Å². The molecule has 0 spiro atoms. The van der Waals surface area contributed by atoms with Gasteiger partial charge in [0.05, 0.1) is 41.3 Å². The molecule has 0 amide bonds. The number of benzene rings is 2. The normalized spacial score (nSPS) is 22.2. The van der Waals surface area contributed by atoms with E-state index in [0.717, 1.165) is 0 Å². The molecule has 1 aliphatic carbocycles. The number of hydrogen-bond acceptors (Lipinski definition) is 11. The fraction of sp³-hybridized carbons (Fsp3) is 0.543. The molecule has 1 saturated heterocycles. The number of aromatic hydroxyl groups is 1. The van der Waals surface area contributed by atoms with Crippen molar-refractivity contribution < 1.29 is 14.9 Å². The molecule has 14 heteroatoms. The average Bonchev–Trinajstić information content (AvgIpc) is 3.53. The SMILES string of the molecule is CC1O[C@@H](n2cc(CN=c3cc4c(=O)n(CCCN(C)C)c(=O)c5ccc6c(O)n(CCCN(C)C)c(=O)c3c6c5-4)nn2)C(C)C(O)[C@@H]1C. The summed E-state index contributed by atoms with van der Waals surface area (Å²) in [5.41, 5.74) is -0.236. The molecule has 2 N–H and O–H groups in total. The van der Waals surface area contributed by atoms with E-state index in [9.17, 15) is 24.6 Å². The van der Waals surface area contributed by atoms with Gasteiger partial charge < -0.3 is 24.7 Å². The van der Waals surface area contributed by atoms with E-state index in [1.807, 2.05) is 58.8 Å². The maximum atomic E-state index is 14.2. The first-order chi connectivity index (χ1) is 23.3. The molecule has 3 aliphatic rings. The van der Waals surface area contributed by atoms with E-state index in [4.69, 9.17) is 9.73 Å². The van der Waals surface area contributed by atoms with Crippen molar-refractivity contribution in [2.45, 2.75) is 71.7 Å². The van der Waals surface area contributed by atoms with Crippen molar-refractivity contribution in [1.82, 2.24) is 33.9 Å². The van der Waals surface area contributed by atoms with Gasteiger partial charge in [-0.25, -0.2) is 4.68 Å². The molecule has 0 bridgehead atoms. The summed E-state index contributed by atoms with van der Waals surface area (Å²) in [6.45, 7) is 7.72. The van der Waals surface area contributed by atoms with Gasteiger partial charge in [-0.2, -0.15) is 0 Å². The molecule has 5 atom stereocenters. The Morgan fingerprint density at radius 2 is 1.53 bits per heavy atom. The van der Waals surface area contributed by atoms with Crippen LogP contribution in [0.1, 0.15) is 45.5 Å². The maximum Gasteiger partial charge on any atom is 0.263 e. The molecular weight excluding hydrogens is 628 g/mol. The van der Waals surface area contributed by atoms with Crippen LogP contribution >= 0.6 is 0 Å². The third kappa shape index (κ3) is 6.22. The average molecular weight is 675 g/mol. The summed E-state index contributed by atoms with van der Waals surface area (Å²) in [7, 11) is 7.74. The van der Waals surface area contributed by atoms with Gasteiger partial charge in [-0.05, 0) is 79.2 Å². The number of nitrogens with zero attached hydrogens (tertiary/aromatic N) is 8. The van der Waals surface area contributed by atoms with Crippen molar-refractivity contribution in [2.75, 3.05) is 41.3 Å². The molecule has 49 heavy (non-hydrogen) atoms. The fourth-order valence-corrected chi connectivity index (χ4v) is 7.06. The zero-order valence-electron chi connectivity index (χ0n) is 29.3. The molecule has 4 heterocycles. The van der Waals surface area contributed by atoms with Gasteiger partial charge in [-0.3, -0.25) is 28.5 Å². The lowest BCUT2D eigenvalue weighted by Gasteiger charge is -2.41. The van der Waals surface area contributed by atoms with E-state index >= 15 is 0 Å². The second-order valence-electron chi connectivity index (χ2n) is 14.0. The largest absolute Gasteiger partial charge is 0.494 e. The molecular formula is C35H46N8O6. The zero-order valence-corrected chi connectivity index (χ0v) is 29.3. The fourth-order valence-electron chi connectivity index (χ4n) is 7.06. The summed E-state index contributed by atoms with van der Waals surface area (Å²) < 4.78 is 10.4. The van der Waals surface area contributed by atoms with Crippen LogP contribution in [0.25, 0.3) is 32.7 Å². The van der Waals surface area contributed by atoms with Crippen molar-refractivity contribution in [2.24, 2.45) is 16.8 Å². The van der Waals surface area contributed by atoms with Crippen molar-refractivity contribution in [3.63, 3.8) is 0 Å². The van der Waals surface area contributed by atoms with Crippen molar-refractivity contribution in [3.8, 4) is 17.0 Å². The predicted molar refractivity (Wildman–Crippen MR) is 186 cm³/mol. The smallest absolute Gasteiger partial charge is 0.263 e. The number of pyridine rings is 2. The molecule has 3 unspecified atom stereocenters. The topological polar surface area (TPSA) is 160 Å². The molecule has 262 valence electrons. The summed E-state index contributed by atoms with van der Waals surface area (Å²) in [6, 6.07) is 4.87. The van der Waals surface area contributed by atoms with Crippen LogP contribution in [0.5, 0.6) is 5.88 Å². The Morgan fingerprint density at radius 1 is 0.878 bits per heavy atom. The van der Waals surface area contributed by atoms with Crippen LogP contribution in [-0.2, 0) is 24.4 Å². The highest BCUT2D eigenvalue weighted by Crippen LogP contribution is 2.37. The first kappa shape index (κ1) is 34.6. The summed E-state index contributed by atoms with van der Waals surface area (Å²) in [4.78, 5) is 50.7. The van der Waals surface area contributed by atoms with Crippen LogP contribution < -0.4 is 22.0 Å². The van der Waals surface area contributed by atoms with E-state index in [1.54, 1.807) is 29.1 Å². The number of aliphatic hydroxyl groups is 1. The Bertz CT molecular complexity index is 2170. The third-order valence-electron chi connectivity index (χ3n) is 9.99. The lowest BCUT2D eigenvalue weighted by atomic mass is 9.86. The van der Waals surface area contributed by atoms with Gasteiger partial charge in [0.1, 0.15) is 5.69 Å². The molecule has 6 rings (SSSR count). The third-order valence-corrected chi connectivity index (χ3v) is 9.99. The van der Waals surface area contributed by atoms with E-state index in [1.165, 1.54) is 9.13 Å². The van der Waals surface area contributed by atoms with Gasteiger partial charge in [0.15, 0.2) is 6.23 Å². The Hall–Kier alpha value is -4.24. The first-order valence-electron chi connectivity index (χ1n) is 16.9. The molecule has 1 aromatic carbocycles. The molecule has 2 aromatic heterocycles. The van der Waals surface area contributed by atoms with Gasteiger partial charge in [0, 0.05) is 46.6 Å². The quantitative estimate of drug-likeness (QED) is 0.197. The van der Waals surface area contributed by atoms with Gasteiger partial charge in [-0.15, -0.1) is 5.10 Å².